The first-order chi connectivity index (χ1) is 8.77. The fourth-order valence-electron chi connectivity index (χ4n) is 2.29. The predicted octanol–water partition coefficient (Wildman–Crippen LogP) is 0.422. The quantitative estimate of drug-likeness (QED) is 0.646. The lowest BCUT2D eigenvalue weighted by atomic mass is 10.0. The fraction of sp³-hybridized carbons (Fsp3) is 0.923. The van der Waals surface area contributed by atoms with E-state index in [0.717, 1.165) is 25.8 Å². The number of aliphatic hydroxyl groups is 1. The molecule has 1 fully saturated rings. The van der Waals surface area contributed by atoms with Gasteiger partial charge in [-0.25, -0.2) is 0 Å². The molecular weight excluding hydrogens is 232 g/mol. The molecule has 5 nitrogen and oxygen atoms in total. The summed E-state index contributed by atoms with van der Waals surface area (Å²) in [6.07, 6.45) is 6.13. The maximum absolute atomic E-state index is 12.1. The number of rotatable bonds is 6. The van der Waals surface area contributed by atoms with Crippen LogP contribution in [0, 0.1) is 0 Å². The van der Waals surface area contributed by atoms with Crippen molar-refractivity contribution in [1.29, 1.82) is 0 Å². The SMILES string of the molecule is COCC(CCO)NC(=O)C1CCCCCCN1. The Morgan fingerprint density at radius 3 is 2.94 bits per heavy atom. The molecule has 1 amide bonds. The minimum absolute atomic E-state index is 0.0346. The smallest absolute Gasteiger partial charge is 0.237 e. The minimum Gasteiger partial charge on any atom is -0.396 e. The van der Waals surface area contributed by atoms with Crippen LogP contribution in [0.5, 0.6) is 0 Å². The van der Waals surface area contributed by atoms with Crippen molar-refractivity contribution < 1.29 is 14.6 Å². The van der Waals surface area contributed by atoms with E-state index in [4.69, 9.17) is 9.84 Å². The van der Waals surface area contributed by atoms with Crippen LogP contribution < -0.4 is 10.6 Å². The van der Waals surface area contributed by atoms with E-state index in [1.54, 1.807) is 7.11 Å². The summed E-state index contributed by atoms with van der Waals surface area (Å²) in [5.41, 5.74) is 0. The molecule has 0 aliphatic carbocycles. The third-order valence-electron chi connectivity index (χ3n) is 3.32. The van der Waals surface area contributed by atoms with Crippen molar-refractivity contribution >= 4 is 5.91 Å². The molecule has 0 radical (unpaired) electrons. The van der Waals surface area contributed by atoms with Gasteiger partial charge in [0.2, 0.25) is 5.91 Å². The molecule has 2 atom stereocenters. The number of hydrogen-bond donors (Lipinski definition) is 3. The lowest BCUT2D eigenvalue weighted by Gasteiger charge is -2.24. The average molecular weight is 258 g/mol. The van der Waals surface area contributed by atoms with Gasteiger partial charge in [-0.3, -0.25) is 4.79 Å². The number of hydrogen-bond acceptors (Lipinski definition) is 4. The van der Waals surface area contributed by atoms with Gasteiger partial charge >= 0.3 is 0 Å². The van der Waals surface area contributed by atoms with Gasteiger partial charge < -0.3 is 20.5 Å². The number of methoxy groups -OCH3 is 1. The Hall–Kier alpha value is -0.650. The van der Waals surface area contributed by atoms with Crippen molar-refractivity contribution in [2.75, 3.05) is 26.9 Å². The highest BCUT2D eigenvalue weighted by Gasteiger charge is 2.21. The molecule has 1 aliphatic rings. The molecule has 0 aromatic carbocycles. The number of aliphatic hydroxyl groups excluding tert-OH is 1. The molecule has 1 heterocycles. The number of carbonyl (C=O) groups is 1. The third kappa shape index (κ3) is 5.80. The molecule has 5 heteroatoms. The summed E-state index contributed by atoms with van der Waals surface area (Å²) in [4.78, 5) is 12.1. The van der Waals surface area contributed by atoms with E-state index in [2.05, 4.69) is 10.6 Å². The Morgan fingerprint density at radius 1 is 1.44 bits per heavy atom. The zero-order valence-corrected chi connectivity index (χ0v) is 11.3. The summed E-state index contributed by atoms with van der Waals surface area (Å²) >= 11 is 0. The summed E-state index contributed by atoms with van der Waals surface area (Å²) in [5.74, 6) is 0.0346. The van der Waals surface area contributed by atoms with Crippen LogP contribution in [0.25, 0.3) is 0 Å². The summed E-state index contributed by atoms with van der Waals surface area (Å²) in [7, 11) is 1.60. The van der Waals surface area contributed by atoms with Gasteiger partial charge in [0.25, 0.3) is 0 Å². The van der Waals surface area contributed by atoms with E-state index in [0.29, 0.717) is 13.0 Å². The molecule has 0 spiro atoms. The Morgan fingerprint density at radius 2 is 2.22 bits per heavy atom. The second-order valence-corrected chi connectivity index (χ2v) is 4.88. The van der Waals surface area contributed by atoms with Crippen LogP contribution in [0.1, 0.15) is 38.5 Å². The zero-order chi connectivity index (χ0) is 13.2. The summed E-state index contributed by atoms with van der Waals surface area (Å²) < 4.78 is 5.04. The van der Waals surface area contributed by atoms with Gasteiger partial charge in [0, 0.05) is 13.7 Å². The van der Waals surface area contributed by atoms with E-state index in [-0.39, 0.29) is 24.6 Å². The molecular formula is C13H26N2O3. The number of ether oxygens (including phenoxy) is 1. The van der Waals surface area contributed by atoms with Crippen LogP contribution in [0.2, 0.25) is 0 Å². The molecule has 0 bridgehead atoms. The number of carbonyl (C=O) groups excluding carboxylic acids is 1. The lowest BCUT2D eigenvalue weighted by molar-refractivity contribution is -0.124. The molecule has 0 aromatic rings. The Bertz CT molecular complexity index is 222. The molecule has 2 unspecified atom stereocenters. The van der Waals surface area contributed by atoms with Crippen LogP contribution >= 0.6 is 0 Å². The lowest BCUT2D eigenvalue weighted by Crippen LogP contribution is -2.49. The van der Waals surface area contributed by atoms with Gasteiger partial charge in [-0.2, -0.15) is 0 Å². The van der Waals surface area contributed by atoms with E-state index < -0.39 is 0 Å². The highest BCUT2D eigenvalue weighted by atomic mass is 16.5. The first-order valence-electron chi connectivity index (χ1n) is 6.91. The van der Waals surface area contributed by atoms with Crippen LogP contribution in [-0.2, 0) is 9.53 Å². The monoisotopic (exact) mass is 258 g/mol. The van der Waals surface area contributed by atoms with Crippen molar-refractivity contribution in [2.24, 2.45) is 0 Å². The topological polar surface area (TPSA) is 70.6 Å². The summed E-state index contributed by atoms with van der Waals surface area (Å²) in [6, 6.07) is -0.192. The molecule has 0 aromatic heterocycles. The summed E-state index contributed by atoms with van der Waals surface area (Å²) in [6.45, 7) is 1.42. The van der Waals surface area contributed by atoms with Gasteiger partial charge in [0.05, 0.1) is 18.7 Å². The number of amides is 1. The Kier molecular flexibility index (Phi) is 7.96. The highest BCUT2D eigenvalue weighted by Crippen LogP contribution is 2.10. The van der Waals surface area contributed by atoms with Crippen molar-refractivity contribution in [2.45, 2.75) is 50.6 Å². The second kappa shape index (κ2) is 9.30. The van der Waals surface area contributed by atoms with Gasteiger partial charge in [-0.1, -0.05) is 19.3 Å². The summed E-state index contributed by atoms with van der Waals surface area (Å²) in [5, 5.41) is 15.2. The van der Waals surface area contributed by atoms with Crippen LogP contribution in [0.4, 0.5) is 0 Å². The first kappa shape index (κ1) is 15.4. The second-order valence-electron chi connectivity index (χ2n) is 4.88. The van der Waals surface area contributed by atoms with Gasteiger partial charge in [-0.05, 0) is 25.8 Å². The maximum Gasteiger partial charge on any atom is 0.237 e. The van der Waals surface area contributed by atoms with Crippen LogP contribution in [0.3, 0.4) is 0 Å². The maximum atomic E-state index is 12.1. The highest BCUT2D eigenvalue weighted by molar-refractivity contribution is 5.82. The molecule has 1 aliphatic heterocycles. The van der Waals surface area contributed by atoms with Gasteiger partial charge in [0.1, 0.15) is 0 Å². The fourth-order valence-corrected chi connectivity index (χ4v) is 2.29. The molecule has 1 rings (SSSR count). The van der Waals surface area contributed by atoms with E-state index in [1.165, 1.54) is 12.8 Å². The third-order valence-corrected chi connectivity index (χ3v) is 3.32. The van der Waals surface area contributed by atoms with E-state index in [1.807, 2.05) is 0 Å². The largest absolute Gasteiger partial charge is 0.396 e. The standard InChI is InChI=1S/C13H26N2O3/c1-18-10-11(7-9-16)15-13(17)12-6-4-2-3-5-8-14-12/h11-12,14,16H,2-10H2,1H3,(H,15,17). The van der Waals surface area contributed by atoms with E-state index in [9.17, 15) is 4.79 Å². The van der Waals surface area contributed by atoms with Crippen molar-refractivity contribution in [3.8, 4) is 0 Å². The van der Waals surface area contributed by atoms with Gasteiger partial charge in [-0.15, -0.1) is 0 Å². The Balaban J connectivity index is 2.39. The van der Waals surface area contributed by atoms with Crippen LogP contribution in [-0.4, -0.2) is 50.0 Å². The van der Waals surface area contributed by atoms with E-state index >= 15 is 0 Å². The first-order valence-corrected chi connectivity index (χ1v) is 6.91. The molecule has 18 heavy (non-hydrogen) atoms. The normalized spacial score (nSPS) is 22.9. The predicted molar refractivity (Wildman–Crippen MR) is 70.4 cm³/mol. The molecule has 106 valence electrons. The van der Waals surface area contributed by atoms with Gasteiger partial charge in [0.15, 0.2) is 0 Å². The van der Waals surface area contributed by atoms with Crippen molar-refractivity contribution in [1.82, 2.24) is 10.6 Å². The molecule has 0 saturated carbocycles. The molecule has 3 N–H and O–H groups in total. The van der Waals surface area contributed by atoms with Crippen molar-refractivity contribution in [3.05, 3.63) is 0 Å². The minimum atomic E-state index is -0.0975. The average Bonchev–Trinajstić information content (AvgIpc) is 2.28. The van der Waals surface area contributed by atoms with Crippen LogP contribution in [0.15, 0.2) is 0 Å². The number of nitrogens with one attached hydrogen (secondary N) is 2. The Labute approximate surface area is 109 Å². The van der Waals surface area contributed by atoms with Crippen molar-refractivity contribution in [3.63, 3.8) is 0 Å². The zero-order valence-electron chi connectivity index (χ0n) is 11.3. The molecule has 1 saturated heterocycles.